The summed E-state index contributed by atoms with van der Waals surface area (Å²) in [7, 11) is 1.70. The Morgan fingerprint density at radius 1 is 1.27 bits per heavy atom. The highest BCUT2D eigenvalue weighted by Gasteiger charge is 2.31. The molecule has 7 heteroatoms. The van der Waals surface area contributed by atoms with E-state index in [-0.39, 0.29) is 12.1 Å². The van der Waals surface area contributed by atoms with Crippen LogP contribution in [0.5, 0.6) is 0 Å². The predicted molar refractivity (Wildman–Crippen MR) is 118 cm³/mol. The summed E-state index contributed by atoms with van der Waals surface area (Å²) in [6, 6.07) is 3.58. The molecule has 0 unspecified atom stereocenters. The second-order valence-corrected chi connectivity index (χ2v) is 9.31. The second kappa shape index (κ2) is 8.29. The number of aromatic nitrogens is 3. The average Bonchev–Trinajstić information content (AvgIpc) is 3.28. The molecular formula is C23H33N5O2. The fourth-order valence-corrected chi connectivity index (χ4v) is 5.43. The Labute approximate surface area is 177 Å². The highest BCUT2D eigenvalue weighted by Crippen LogP contribution is 2.39. The van der Waals surface area contributed by atoms with Gasteiger partial charge in [0.1, 0.15) is 0 Å². The van der Waals surface area contributed by atoms with Crippen molar-refractivity contribution in [2.75, 3.05) is 19.0 Å². The lowest BCUT2D eigenvalue weighted by atomic mass is 9.85. The molecule has 1 saturated heterocycles. The summed E-state index contributed by atoms with van der Waals surface area (Å²) in [5.74, 6) is 1.05. The number of ether oxygens (including phenoxy) is 1. The molecule has 1 saturated carbocycles. The van der Waals surface area contributed by atoms with E-state index in [2.05, 4.69) is 39.2 Å². The smallest absolute Gasteiger partial charge is 0.241 e. The van der Waals surface area contributed by atoms with E-state index in [1.807, 2.05) is 6.20 Å². The van der Waals surface area contributed by atoms with Gasteiger partial charge in [0.25, 0.3) is 0 Å². The van der Waals surface area contributed by atoms with Crippen molar-refractivity contribution in [3.63, 3.8) is 0 Å². The lowest BCUT2D eigenvalue weighted by Gasteiger charge is -2.25. The molecule has 0 radical (unpaired) electrons. The first-order valence-electron chi connectivity index (χ1n) is 11.4. The van der Waals surface area contributed by atoms with Gasteiger partial charge in [-0.1, -0.05) is 6.08 Å². The first kappa shape index (κ1) is 20.0. The van der Waals surface area contributed by atoms with Crippen LogP contribution in [0, 0.1) is 0 Å². The van der Waals surface area contributed by atoms with Crippen molar-refractivity contribution in [1.82, 2.24) is 19.9 Å². The fourth-order valence-electron chi connectivity index (χ4n) is 5.43. The summed E-state index contributed by atoms with van der Waals surface area (Å²) in [5.41, 5.74) is 5.06. The van der Waals surface area contributed by atoms with Crippen LogP contribution in [0.15, 0.2) is 18.3 Å². The van der Waals surface area contributed by atoms with Gasteiger partial charge < -0.3 is 20.5 Å². The molecule has 3 N–H and O–H groups in total. The number of aliphatic hydroxyl groups excluding tert-OH is 1. The molecule has 0 amide bonds. The average molecular weight is 412 g/mol. The van der Waals surface area contributed by atoms with Gasteiger partial charge in [0, 0.05) is 42.4 Å². The molecule has 162 valence electrons. The SMILES string of the molecule is COC[C@H](C)Nc1ncc2c(C3=C[C@@H]4CC[C@H](C3)N4)cc([C@H]3CC[C@H](O)CC3)n2n1. The van der Waals surface area contributed by atoms with Gasteiger partial charge in [0.05, 0.1) is 24.4 Å². The Bertz CT molecular complexity index is 931. The first-order valence-corrected chi connectivity index (χ1v) is 11.4. The van der Waals surface area contributed by atoms with E-state index in [1.165, 1.54) is 29.7 Å². The lowest BCUT2D eigenvalue weighted by Crippen LogP contribution is -2.31. The van der Waals surface area contributed by atoms with E-state index in [0.717, 1.165) is 37.6 Å². The molecule has 7 nitrogen and oxygen atoms in total. The van der Waals surface area contributed by atoms with Crippen LogP contribution in [0.3, 0.4) is 0 Å². The van der Waals surface area contributed by atoms with Crippen molar-refractivity contribution >= 4 is 17.0 Å². The van der Waals surface area contributed by atoms with E-state index in [4.69, 9.17) is 9.84 Å². The Morgan fingerprint density at radius 3 is 2.87 bits per heavy atom. The number of rotatable bonds is 6. The molecule has 2 aromatic heterocycles. The number of anilines is 1. The number of hydrogen-bond donors (Lipinski definition) is 3. The second-order valence-electron chi connectivity index (χ2n) is 9.31. The largest absolute Gasteiger partial charge is 0.393 e. The third-order valence-corrected chi connectivity index (χ3v) is 6.94. The molecule has 1 aliphatic carbocycles. The maximum Gasteiger partial charge on any atom is 0.241 e. The molecule has 4 heterocycles. The normalized spacial score (nSPS) is 29.8. The maximum absolute atomic E-state index is 9.98. The predicted octanol–water partition coefficient (Wildman–Crippen LogP) is 3.10. The van der Waals surface area contributed by atoms with E-state index in [1.54, 1.807) is 7.11 Å². The van der Waals surface area contributed by atoms with Crippen molar-refractivity contribution in [3.8, 4) is 0 Å². The van der Waals surface area contributed by atoms with Gasteiger partial charge in [-0.25, -0.2) is 9.50 Å². The third kappa shape index (κ3) is 3.86. The van der Waals surface area contributed by atoms with Crippen LogP contribution >= 0.6 is 0 Å². The van der Waals surface area contributed by atoms with Gasteiger partial charge in [-0.15, -0.1) is 5.10 Å². The van der Waals surface area contributed by atoms with Crippen molar-refractivity contribution < 1.29 is 9.84 Å². The molecule has 0 aromatic carbocycles. The van der Waals surface area contributed by atoms with Crippen LogP contribution < -0.4 is 10.6 Å². The molecule has 2 bridgehead atoms. The van der Waals surface area contributed by atoms with Gasteiger partial charge in [-0.05, 0) is 63.5 Å². The number of fused-ring (bicyclic) bond motifs is 3. The molecule has 0 spiro atoms. The summed E-state index contributed by atoms with van der Waals surface area (Å²) < 4.78 is 7.35. The molecule has 2 fully saturated rings. The third-order valence-electron chi connectivity index (χ3n) is 6.94. The van der Waals surface area contributed by atoms with Gasteiger partial charge in [-0.2, -0.15) is 0 Å². The van der Waals surface area contributed by atoms with Gasteiger partial charge in [0.2, 0.25) is 5.95 Å². The quantitative estimate of drug-likeness (QED) is 0.677. The molecule has 2 aliphatic heterocycles. The number of nitrogens with zero attached hydrogens (tertiary/aromatic N) is 3. The highest BCUT2D eigenvalue weighted by atomic mass is 16.5. The molecule has 3 aliphatic rings. The number of hydrogen-bond acceptors (Lipinski definition) is 6. The lowest BCUT2D eigenvalue weighted by molar-refractivity contribution is 0.121. The van der Waals surface area contributed by atoms with Crippen LogP contribution in [0.1, 0.15) is 69.0 Å². The van der Waals surface area contributed by atoms with E-state index in [9.17, 15) is 5.11 Å². The molecule has 30 heavy (non-hydrogen) atoms. The topological polar surface area (TPSA) is 83.7 Å². The van der Waals surface area contributed by atoms with E-state index < -0.39 is 0 Å². The molecular weight excluding hydrogens is 378 g/mol. The summed E-state index contributed by atoms with van der Waals surface area (Å²) in [6.45, 7) is 2.67. The Morgan fingerprint density at radius 2 is 2.10 bits per heavy atom. The van der Waals surface area contributed by atoms with Crippen molar-refractivity contribution in [1.29, 1.82) is 0 Å². The van der Waals surface area contributed by atoms with Crippen molar-refractivity contribution in [2.45, 2.75) is 82.0 Å². The molecule has 5 rings (SSSR count). The van der Waals surface area contributed by atoms with Crippen LogP contribution in [0.4, 0.5) is 5.95 Å². The summed E-state index contributed by atoms with van der Waals surface area (Å²) in [6.07, 6.45) is 11.5. The first-order chi connectivity index (χ1) is 14.6. The van der Waals surface area contributed by atoms with Crippen LogP contribution in [-0.4, -0.2) is 57.7 Å². The zero-order valence-electron chi connectivity index (χ0n) is 18.0. The minimum Gasteiger partial charge on any atom is -0.393 e. The zero-order chi connectivity index (χ0) is 20.7. The summed E-state index contributed by atoms with van der Waals surface area (Å²) in [4.78, 5) is 4.63. The summed E-state index contributed by atoms with van der Waals surface area (Å²) >= 11 is 0. The fraction of sp³-hybridized carbons (Fsp3) is 0.652. The highest BCUT2D eigenvalue weighted by molar-refractivity contribution is 5.80. The number of methoxy groups -OCH3 is 1. The van der Waals surface area contributed by atoms with Crippen molar-refractivity contribution in [3.05, 3.63) is 29.6 Å². The standard InChI is InChI=1S/C23H33N5O2/c1-14(13-30-2)25-23-24-12-22-20(16-9-17-5-6-18(10-16)26-17)11-21(28(22)27-23)15-3-7-19(29)8-4-15/h9,11-12,14-15,17-19,26,29H,3-8,10,13H2,1-2H3,(H,25,27)/t14-,15-,17-,18+,19-/m0/s1. The van der Waals surface area contributed by atoms with Gasteiger partial charge in [-0.3, -0.25) is 0 Å². The Balaban J connectivity index is 1.54. The zero-order valence-corrected chi connectivity index (χ0v) is 18.0. The maximum atomic E-state index is 9.98. The van der Waals surface area contributed by atoms with E-state index >= 15 is 0 Å². The molecule has 2 aromatic rings. The number of nitrogens with one attached hydrogen (secondary N) is 2. The minimum absolute atomic E-state index is 0.138. The van der Waals surface area contributed by atoms with Crippen LogP contribution in [-0.2, 0) is 4.74 Å². The van der Waals surface area contributed by atoms with Crippen molar-refractivity contribution in [2.24, 2.45) is 0 Å². The molecule has 3 atom stereocenters. The minimum atomic E-state index is -0.156. The van der Waals surface area contributed by atoms with Crippen LogP contribution in [0.25, 0.3) is 11.1 Å². The van der Waals surface area contributed by atoms with E-state index in [0.29, 0.717) is 30.6 Å². The summed E-state index contributed by atoms with van der Waals surface area (Å²) in [5, 5.41) is 21.9. The Kier molecular flexibility index (Phi) is 5.52. The number of aliphatic hydroxyl groups is 1. The Hall–Kier alpha value is -1.96. The van der Waals surface area contributed by atoms with Crippen LogP contribution in [0.2, 0.25) is 0 Å². The van der Waals surface area contributed by atoms with Gasteiger partial charge in [0.15, 0.2) is 0 Å². The van der Waals surface area contributed by atoms with Gasteiger partial charge >= 0.3 is 0 Å². The monoisotopic (exact) mass is 411 g/mol.